The minimum Gasteiger partial charge on any atom is -0.756 e. The number of phosphoric acid groups is 1. The van der Waals surface area contributed by atoms with E-state index in [1.54, 1.807) is 0 Å². The molecule has 0 saturated carbocycles. The quantitative estimate of drug-likeness (QED) is 0.0276. The molecule has 1 N–H and O–H groups in total. The van der Waals surface area contributed by atoms with Crippen LogP contribution in [0.3, 0.4) is 0 Å². The van der Waals surface area contributed by atoms with Gasteiger partial charge in [0, 0.05) is 19.3 Å². The summed E-state index contributed by atoms with van der Waals surface area (Å²) in [6.45, 7) is 1.91. The highest BCUT2D eigenvalue weighted by atomic mass is 31.2. The number of hydrogen-bond acceptors (Lipinski definition) is 9. The number of carboxylic acids is 1. The summed E-state index contributed by atoms with van der Waals surface area (Å²) in [6, 6.07) is 0. The van der Waals surface area contributed by atoms with E-state index >= 15 is 0 Å². The number of carbonyl (C=O) groups is 3. The van der Waals surface area contributed by atoms with Crippen molar-refractivity contribution in [3.63, 3.8) is 0 Å². The van der Waals surface area contributed by atoms with Crippen molar-refractivity contribution in [3.05, 3.63) is 0 Å². The van der Waals surface area contributed by atoms with Crippen LogP contribution in [0.1, 0.15) is 193 Å². The lowest BCUT2D eigenvalue weighted by molar-refractivity contribution is -0.870. The highest BCUT2D eigenvalue weighted by molar-refractivity contribution is 7.45. The molecule has 0 spiro atoms. The van der Waals surface area contributed by atoms with Crippen LogP contribution >= 0.6 is 7.82 Å². The number of likely N-dealkylation sites (N-methyl/N-ethyl adjacent to an activating group) is 1. The van der Waals surface area contributed by atoms with Crippen molar-refractivity contribution in [3.8, 4) is 0 Å². The largest absolute Gasteiger partial charge is 0.756 e. The van der Waals surface area contributed by atoms with Gasteiger partial charge in [0.15, 0.2) is 6.10 Å². The number of quaternary nitrogens is 1. The molecular weight excluding hydrogens is 697 g/mol. The van der Waals surface area contributed by atoms with Crippen molar-refractivity contribution in [2.75, 3.05) is 47.5 Å². The van der Waals surface area contributed by atoms with Crippen LogP contribution in [-0.4, -0.2) is 81.1 Å². The summed E-state index contributed by atoms with van der Waals surface area (Å²) >= 11 is 0. The molecule has 0 bridgehead atoms. The van der Waals surface area contributed by atoms with Crippen LogP contribution in [0, 0.1) is 0 Å². The van der Waals surface area contributed by atoms with Gasteiger partial charge in [-0.25, -0.2) is 0 Å². The third kappa shape index (κ3) is 40.0. The fourth-order valence-corrected chi connectivity index (χ4v) is 6.76. The number of aliphatic carboxylic acids is 1. The van der Waals surface area contributed by atoms with Gasteiger partial charge in [-0.3, -0.25) is 18.9 Å². The molecule has 0 heterocycles. The molecule has 11 nitrogen and oxygen atoms in total. The molecule has 0 aromatic heterocycles. The molecule has 1 unspecified atom stereocenters. The standard InChI is InChI=1S/C41H80NO10P/c1-5-6-7-8-9-10-11-13-17-20-23-26-29-32-40(45)49-36-38(37-51-53(47,48)50-35-34-42(2,3)4)52-41(46)33-30-27-24-21-18-15-12-14-16-19-22-25-28-31-39(43)44/h38H,5-37H2,1-4H3,(H-,43,44,47,48)/t38-/m1/s1. The summed E-state index contributed by atoms with van der Waals surface area (Å²) in [7, 11) is 1.13. The zero-order valence-electron chi connectivity index (χ0n) is 34.4. The van der Waals surface area contributed by atoms with Gasteiger partial charge in [-0.05, 0) is 19.3 Å². The van der Waals surface area contributed by atoms with E-state index in [0.29, 0.717) is 17.4 Å². The van der Waals surface area contributed by atoms with E-state index in [1.807, 2.05) is 21.1 Å². The molecule has 53 heavy (non-hydrogen) atoms. The smallest absolute Gasteiger partial charge is 0.306 e. The first-order valence-electron chi connectivity index (χ1n) is 21.3. The van der Waals surface area contributed by atoms with E-state index in [9.17, 15) is 23.8 Å². The van der Waals surface area contributed by atoms with Crippen LogP contribution < -0.4 is 4.89 Å². The second kappa shape index (κ2) is 34.9. The number of unbranched alkanes of at least 4 members (excludes halogenated alkanes) is 24. The Balaban J connectivity index is 4.32. The Kier molecular flexibility index (Phi) is 33.9. The lowest BCUT2D eigenvalue weighted by Crippen LogP contribution is -2.37. The fourth-order valence-electron chi connectivity index (χ4n) is 6.03. The van der Waals surface area contributed by atoms with Crippen molar-refractivity contribution in [1.29, 1.82) is 0 Å². The van der Waals surface area contributed by atoms with Gasteiger partial charge in [-0.2, -0.15) is 0 Å². The number of carbonyl (C=O) groups excluding carboxylic acids is 2. The average molecular weight is 778 g/mol. The zero-order valence-corrected chi connectivity index (χ0v) is 35.3. The Morgan fingerprint density at radius 3 is 1.34 bits per heavy atom. The maximum Gasteiger partial charge on any atom is 0.306 e. The van der Waals surface area contributed by atoms with Gasteiger partial charge >= 0.3 is 17.9 Å². The van der Waals surface area contributed by atoms with Gasteiger partial charge in [-0.15, -0.1) is 0 Å². The first-order valence-corrected chi connectivity index (χ1v) is 22.8. The minimum absolute atomic E-state index is 0.0412. The first-order chi connectivity index (χ1) is 25.3. The third-order valence-corrected chi connectivity index (χ3v) is 10.4. The second-order valence-corrected chi connectivity index (χ2v) is 17.3. The number of phosphoric ester groups is 1. The molecule has 0 saturated heterocycles. The number of hydrogen-bond donors (Lipinski definition) is 1. The summed E-state index contributed by atoms with van der Waals surface area (Å²) in [5.41, 5.74) is 0. The number of ether oxygens (including phenoxy) is 2. The summed E-state index contributed by atoms with van der Waals surface area (Å²) in [5.74, 6) is -1.58. The number of rotatable bonds is 40. The van der Waals surface area contributed by atoms with Crippen LogP contribution in [-0.2, 0) is 37.5 Å². The van der Waals surface area contributed by atoms with Gasteiger partial charge in [0.2, 0.25) is 0 Å². The molecule has 314 valence electrons. The van der Waals surface area contributed by atoms with E-state index in [1.165, 1.54) is 103 Å². The topological polar surface area (TPSA) is 148 Å². The molecule has 0 aliphatic heterocycles. The molecule has 0 fully saturated rings. The van der Waals surface area contributed by atoms with Crippen LogP contribution in [0.25, 0.3) is 0 Å². The molecule has 0 aliphatic carbocycles. The maximum absolute atomic E-state index is 12.6. The van der Waals surface area contributed by atoms with Crippen molar-refractivity contribution < 1.29 is 52.0 Å². The number of nitrogens with zero attached hydrogens (tertiary/aromatic N) is 1. The monoisotopic (exact) mass is 778 g/mol. The van der Waals surface area contributed by atoms with Crippen LogP contribution in [0.15, 0.2) is 0 Å². The van der Waals surface area contributed by atoms with Gasteiger partial charge < -0.3 is 33.0 Å². The Morgan fingerprint density at radius 2 is 0.943 bits per heavy atom. The summed E-state index contributed by atoms with van der Waals surface area (Å²) in [5, 5.41) is 8.68. The van der Waals surface area contributed by atoms with Crippen LogP contribution in [0.5, 0.6) is 0 Å². The Labute approximate surface area is 323 Å². The predicted molar refractivity (Wildman–Crippen MR) is 210 cm³/mol. The van der Waals surface area contributed by atoms with Crippen LogP contribution in [0.4, 0.5) is 0 Å². The van der Waals surface area contributed by atoms with Gasteiger partial charge in [-0.1, -0.05) is 155 Å². The molecule has 0 amide bonds. The first kappa shape index (κ1) is 51.5. The molecule has 0 radical (unpaired) electrons. The number of carboxylic acid groups (broad SMARTS) is 1. The van der Waals surface area contributed by atoms with E-state index < -0.39 is 38.4 Å². The molecule has 0 aliphatic rings. The predicted octanol–water partition coefficient (Wildman–Crippen LogP) is 10.1. The lowest BCUT2D eigenvalue weighted by Gasteiger charge is -2.28. The molecule has 2 atom stereocenters. The van der Waals surface area contributed by atoms with E-state index in [0.717, 1.165) is 57.8 Å². The Hall–Kier alpha value is -1.52. The van der Waals surface area contributed by atoms with Crippen LogP contribution in [0.2, 0.25) is 0 Å². The maximum atomic E-state index is 12.6. The molecular formula is C41H80NO10P. The Morgan fingerprint density at radius 1 is 0.566 bits per heavy atom. The molecule has 0 rings (SSSR count). The highest BCUT2D eigenvalue weighted by Gasteiger charge is 2.21. The van der Waals surface area contributed by atoms with Gasteiger partial charge in [0.25, 0.3) is 7.82 Å². The SMILES string of the molecule is CCCCCCCCCCCCCCCC(=O)OC[C@H](COP(=O)([O-])OCC[N+](C)(C)C)OC(=O)CCCCCCCCCCCCCCCC(=O)O. The minimum atomic E-state index is -4.63. The second-order valence-electron chi connectivity index (χ2n) is 15.9. The summed E-state index contributed by atoms with van der Waals surface area (Å²) in [6.07, 6.45) is 29.2. The fraction of sp³-hybridized carbons (Fsp3) is 0.927. The molecule has 12 heteroatoms. The molecule has 0 aromatic carbocycles. The van der Waals surface area contributed by atoms with Gasteiger partial charge in [0.05, 0.1) is 27.7 Å². The van der Waals surface area contributed by atoms with E-state index in [-0.39, 0.29) is 32.5 Å². The number of esters is 2. The van der Waals surface area contributed by atoms with E-state index in [2.05, 4.69) is 6.92 Å². The summed E-state index contributed by atoms with van der Waals surface area (Å²) < 4.78 is 33.8. The van der Waals surface area contributed by atoms with Gasteiger partial charge in [0.1, 0.15) is 19.8 Å². The zero-order chi connectivity index (χ0) is 39.5. The van der Waals surface area contributed by atoms with Crippen molar-refractivity contribution in [1.82, 2.24) is 0 Å². The van der Waals surface area contributed by atoms with Crippen molar-refractivity contribution >= 4 is 25.7 Å². The Bertz CT molecular complexity index is 942. The molecule has 0 aromatic rings. The van der Waals surface area contributed by atoms with E-state index in [4.69, 9.17) is 23.6 Å². The highest BCUT2D eigenvalue weighted by Crippen LogP contribution is 2.38. The summed E-state index contributed by atoms with van der Waals surface area (Å²) in [4.78, 5) is 48.0. The van der Waals surface area contributed by atoms with Crippen molar-refractivity contribution in [2.24, 2.45) is 0 Å². The third-order valence-electron chi connectivity index (χ3n) is 9.41. The average Bonchev–Trinajstić information content (AvgIpc) is 3.08. The van der Waals surface area contributed by atoms with Crippen molar-refractivity contribution in [2.45, 2.75) is 199 Å². The lowest BCUT2D eigenvalue weighted by atomic mass is 10.0. The normalized spacial score (nSPS) is 13.5.